The van der Waals surface area contributed by atoms with Gasteiger partial charge in [-0.05, 0) is 36.8 Å². The van der Waals surface area contributed by atoms with Crippen molar-refractivity contribution in [2.75, 3.05) is 39.4 Å². The van der Waals surface area contributed by atoms with Crippen LogP contribution in [-0.4, -0.2) is 84.8 Å². The first-order valence-corrected chi connectivity index (χ1v) is 11.5. The van der Waals surface area contributed by atoms with Crippen LogP contribution in [0.25, 0.3) is 10.8 Å². The van der Waals surface area contributed by atoms with Crippen LogP contribution in [0.5, 0.6) is 0 Å². The fraction of sp³-hybridized carbons (Fsp3) is 0.429. The number of rotatable bonds is 5. The molecule has 0 saturated carbocycles. The molecule has 2 saturated heterocycles. The molecule has 0 aliphatic carbocycles. The van der Waals surface area contributed by atoms with Gasteiger partial charge in [0.25, 0.3) is 5.91 Å². The van der Waals surface area contributed by atoms with Gasteiger partial charge in [0.05, 0.1) is 11.6 Å². The Kier molecular flexibility index (Phi) is 5.52. The van der Waals surface area contributed by atoms with E-state index in [2.05, 4.69) is 0 Å². The lowest BCUT2D eigenvalue weighted by molar-refractivity contribution is -0.126. The Hall–Kier alpha value is -2.49. The molecule has 2 aliphatic heterocycles. The molecule has 0 N–H and O–H groups in total. The standard InChI is InChI=1S/C21H26N4O4S/c1-16(2)25-20(26)14-23(21(25)27)15-22-9-11-24(12-10-22)30(28,29)19-8-7-17-5-3-4-6-18(17)13-19/h3-8,13,16H,9-12,14-15H2,1-2H3. The van der Waals surface area contributed by atoms with E-state index < -0.39 is 10.0 Å². The van der Waals surface area contributed by atoms with Gasteiger partial charge in [0.1, 0.15) is 6.54 Å². The van der Waals surface area contributed by atoms with Gasteiger partial charge in [-0.25, -0.2) is 13.2 Å². The van der Waals surface area contributed by atoms with E-state index in [-0.39, 0.29) is 24.5 Å². The van der Waals surface area contributed by atoms with E-state index in [1.165, 1.54) is 14.1 Å². The first-order chi connectivity index (χ1) is 14.3. The molecule has 160 valence electrons. The van der Waals surface area contributed by atoms with Crippen LogP contribution in [0.15, 0.2) is 47.4 Å². The highest BCUT2D eigenvalue weighted by atomic mass is 32.2. The van der Waals surface area contributed by atoms with Crippen LogP contribution in [0, 0.1) is 0 Å². The molecule has 0 unspecified atom stereocenters. The monoisotopic (exact) mass is 430 g/mol. The fourth-order valence-corrected chi connectivity index (χ4v) is 5.47. The van der Waals surface area contributed by atoms with Crippen LogP contribution in [0.2, 0.25) is 0 Å². The zero-order valence-corrected chi connectivity index (χ0v) is 18.0. The number of fused-ring (bicyclic) bond motifs is 1. The van der Waals surface area contributed by atoms with Crippen molar-refractivity contribution in [3.8, 4) is 0 Å². The predicted molar refractivity (Wildman–Crippen MR) is 113 cm³/mol. The summed E-state index contributed by atoms with van der Waals surface area (Å²) in [5.41, 5.74) is 0. The maximum absolute atomic E-state index is 13.1. The molecule has 0 aromatic heterocycles. The van der Waals surface area contributed by atoms with E-state index in [4.69, 9.17) is 0 Å². The Morgan fingerprint density at radius 2 is 1.60 bits per heavy atom. The van der Waals surface area contributed by atoms with Crippen molar-refractivity contribution in [1.82, 2.24) is 19.0 Å². The average molecular weight is 431 g/mol. The van der Waals surface area contributed by atoms with Gasteiger partial charge in [-0.1, -0.05) is 30.3 Å². The molecule has 9 heteroatoms. The maximum atomic E-state index is 13.1. The van der Waals surface area contributed by atoms with E-state index in [0.717, 1.165) is 10.8 Å². The number of nitrogens with zero attached hydrogens (tertiary/aromatic N) is 4. The molecule has 0 bridgehead atoms. The first-order valence-electron chi connectivity index (χ1n) is 10.1. The molecular formula is C21H26N4O4S. The fourth-order valence-electron chi connectivity index (χ4n) is 4.02. The van der Waals surface area contributed by atoms with Crippen LogP contribution in [0.3, 0.4) is 0 Å². The van der Waals surface area contributed by atoms with E-state index in [1.54, 1.807) is 12.1 Å². The van der Waals surface area contributed by atoms with Crippen LogP contribution < -0.4 is 0 Å². The lowest BCUT2D eigenvalue weighted by atomic mass is 10.1. The Morgan fingerprint density at radius 1 is 0.933 bits per heavy atom. The number of urea groups is 1. The van der Waals surface area contributed by atoms with Crippen molar-refractivity contribution >= 4 is 32.7 Å². The molecule has 2 aromatic carbocycles. The zero-order valence-electron chi connectivity index (χ0n) is 17.2. The molecule has 2 aliphatic rings. The van der Waals surface area contributed by atoms with Gasteiger partial charge in [-0.2, -0.15) is 4.31 Å². The minimum atomic E-state index is -3.58. The average Bonchev–Trinajstić information content (AvgIpc) is 3.01. The van der Waals surface area contributed by atoms with Crippen LogP contribution in [-0.2, 0) is 14.8 Å². The number of amides is 3. The highest BCUT2D eigenvalue weighted by molar-refractivity contribution is 7.89. The van der Waals surface area contributed by atoms with E-state index in [0.29, 0.717) is 37.7 Å². The molecule has 30 heavy (non-hydrogen) atoms. The van der Waals surface area contributed by atoms with Gasteiger partial charge in [-0.15, -0.1) is 0 Å². The van der Waals surface area contributed by atoms with Gasteiger partial charge in [0.15, 0.2) is 0 Å². The number of benzene rings is 2. The summed E-state index contributed by atoms with van der Waals surface area (Å²) in [4.78, 5) is 29.6. The molecule has 8 nitrogen and oxygen atoms in total. The SMILES string of the molecule is CC(C)N1C(=O)CN(CN2CCN(S(=O)(=O)c3ccc4ccccc4c3)CC2)C1=O. The summed E-state index contributed by atoms with van der Waals surface area (Å²) in [6, 6.07) is 12.4. The largest absolute Gasteiger partial charge is 0.328 e. The lowest BCUT2D eigenvalue weighted by Gasteiger charge is -2.35. The highest BCUT2D eigenvalue weighted by Crippen LogP contribution is 2.23. The van der Waals surface area contributed by atoms with Crippen LogP contribution in [0.4, 0.5) is 4.79 Å². The maximum Gasteiger partial charge on any atom is 0.328 e. The third-order valence-electron chi connectivity index (χ3n) is 5.65. The van der Waals surface area contributed by atoms with Gasteiger partial charge in [-0.3, -0.25) is 14.6 Å². The van der Waals surface area contributed by atoms with Gasteiger partial charge >= 0.3 is 6.03 Å². The smallest absolute Gasteiger partial charge is 0.302 e. The summed E-state index contributed by atoms with van der Waals surface area (Å²) in [5, 5.41) is 1.89. The van der Waals surface area contributed by atoms with Crippen molar-refractivity contribution in [3.05, 3.63) is 42.5 Å². The second kappa shape index (κ2) is 7.98. The van der Waals surface area contributed by atoms with Crippen molar-refractivity contribution in [3.63, 3.8) is 0 Å². The first kappa shape index (κ1) is 20.8. The lowest BCUT2D eigenvalue weighted by Crippen LogP contribution is -2.52. The summed E-state index contributed by atoms with van der Waals surface area (Å²) in [6.45, 7) is 5.74. The van der Waals surface area contributed by atoms with Crippen molar-refractivity contribution < 1.29 is 18.0 Å². The summed E-state index contributed by atoms with van der Waals surface area (Å²) < 4.78 is 27.7. The zero-order chi connectivity index (χ0) is 21.5. The van der Waals surface area contributed by atoms with Crippen molar-refractivity contribution in [2.45, 2.75) is 24.8 Å². The Morgan fingerprint density at radius 3 is 2.23 bits per heavy atom. The molecular weight excluding hydrogens is 404 g/mol. The molecule has 0 radical (unpaired) electrons. The molecule has 2 fully saturated rings. The Labute approximate surface area is 176 Å². The number of piperazine rings is 1. The van der Waals surface area contributed by atoms with Gasteiger partial charge < -0.3 is 4.90 Å². The van der Waals surface area contributed by atoms with E-state index in [9.17, 15) is 18.0 Å². The van der Waals surface area contributed by atoms with Crippen molar-refractivity contribution in [1.29, 1.82) is 0 Å². The van der Waals surface area contributed by atoms with Gasteiger partial charge in [0.2, 0.25) is 10.0 Å². The number of carbonyl (C=O) groups excluding carboxylic acids is 2. The van der Waals surface area contributed by atoms with E-state index in [1.807, 2.05) is 49.1 Å². The summed E-state index contributed by atoms with van der Waals surface area (Å²) >= 11 is 0. The number of sulfonamides is 1. The van der Waals surface area contributed by atoms with Gasteiger partial charge in [0, 0.05) is 32.2 Å². The van der Waals surface area contributed by atoms with Crippen LogP contribution in [0.1, 0.15) is 13.8 Å². The number of hydrogen-bond acceptors (Lipinski definition) is 5. The quantitative estimate of drug-likeness (QED) is 0.676. The third-order valence-corrected chi connectivity index (χ3v) is 7.54. The second-order valence-electron chi connectivity index (χ2n) is 8.01. The Balaban J connectivity index is 1.40. The summed E-state index contributed by atoms with van der Waals surface area (Å²) in [7, 11) is -3.58. The summed E-state index contributed by atoms with van der Waals surface area (Å²) in [6.07, 6.45) is 0. The second-order valence-corrected chi connectivity index (χ2v) is 9.95. The van der Waals surface area contributed by atoms with Crippen LogP contribution >= 0.6 is 0 Å². The van der Waals surface area contributed by atoms with Crippen molar-refractivity contribution in [2.24, 2.45) is 0 Å². The molecule has 4 rings (SSSR count). The highest BCUT2D eigenvalue weighted by Gasteiger charge is 2.39. The molecule has 2 heterocycles. The number of carbonyl (C=O) groups is 2. The number of imide groups is 1. The molecule has 3 amide bonds. The minimum Gasteiger partial charge on any atom is -0.302 e. The molecule has 0 atom stereocenters. The summed E-state index contributed by atoms with van der Waals surface area (Å²) in [5.74, 6) is -0.187. The normalized spacial score (nSPS) is 19.4. The topological polar surface area (TPSA) is 81.2 Å². The van der Waals surface area contributed by atoms with E-state index >= 15 is 0 Å². The molecule has 2 aromatic rings. The predicted octanol–water partition coefficient (Wildman–Crippen LogP) is 1.78. The Bertz CT molecular complexity index is 1080. The molecule has 0 spiro atoms. The third kappa shape index (κ3) is 3.80. The number of hydrogen-bond donors (Lipinski definition) is 0. The minimum absolute atomic E-state index is 0.0760.